The number of H-pyrrole nitrogens is 2. The summed E-state index contributed by atoms with van der Waals surface area (Å²) in [7, 11) is 0. The molecular weight excluding hydrogens is 885 g/mol. The van der Waals surface area contributed by atoms with E-state index in [0.717, 1.165) is 47.1 Å². The summed E-state index contributed by atoms with van der Waals surface area (Å²) in [5, 5.41) is 71.8. The summed E-state index contributed by atoms with van der Waals surface area (Å²) in [6.45, 7) is 2.61. The first-order chi connectivity index (χ1) is 31.4. The van der Waals surface area contributed by atoms with Crippen LogP contribution in [-0.4, -0.2) is 153 Å². The number of aromatic hydroxyl groups is 1. The molecule has 0 amide bonds. The normalized spacial score (nSPS) is 15.0. The molecule has 26 nitrogen and oxygen atoms in total. The molecule has 26 heteroatoms. The smallest absolute Gasteiger partial charge is 0.323 e. The Morgan fingerprint density at radius 1 is 0.746 bits per heavy atom. The number of aromatic nitrogens is 3. The summed E-state index contributed by atoms with van der Waals surface area (Å²) >= 11 is 0. The molecule has 67 heavy (non-hydrogen) atoms. The van der Waals surface area contributed by atoms with Crippen molar-refractivity contribution >= 4 is 52.7 Å². The number of rotatable bonds is 17. The summed E-state index contributed by atoms with van der Waals surface area (Å²) in [5.74, 6) is -5.72. The van der Waals surface area contributed by atoms with E-state index in [1.165, 1.54) is 25.4 Å². The van der Waals surface area contributed by atoms with Gasteiger partial charge in [0.1, 0.15) is 42.0 Å². The molecule has 0 radical (unpaired) electrons. The van der Waals surface area contributed by atoms with Crippen molar-refractivity contribution in [2.24, 2.45) is 45.1 Å². The van der Waals surface area contributed by atoms with Gasteiger partial charge in [-0.1, -0.05) is 30.3 Å². The van der Waals surface area contributed by atoms with Crippen molar-refractivity contribution in [3.8, 4) is 5.75 Å². The number of carboxylic acid groups (broad SMARTS) is 6. The summed E-state index contributed by atoms with van der Waals surface area (Å²) in [5.41, 5.74) is 39.8. The third kappa shape index (κ3) is 27.0. The molecular formula is C41H64N12O14. The van der Waals surface area contributed by atoms with Crippen LogP contribution >= 0.6 is 0 Å². The number of nitrogens with two attached hydrogens (primary N) is 7. The molecule has 2 aromatic heterocycles. The number of imidazole rings is 1. The molecule has 0 saturated carbocycles. The number of nitrogens with zero attached hydrogens (tertiary/aromatic N) is 2. The number of hydrogen-bond acceptors (Lipinski definition) is 16. The second-order valence-electron chi connectivity index (χ2n) is 14.5. The second kappa shape index (κ2) is 32.5. The van der Waals surface area contributed by atoms with Gasteiger partial charge in [0, 0.05) is 48.4 Å². The summed E-state index contributed by atoms with van der Waals surface area (Å²) in [4.78, 5) is 74.8. The predicted octanol–water partition coefficient (Wildman–Crippen LogP) is -2.11. The third-order valence-corrected chi connectivity index (χ3v) is 8.90. The number of carboxylic acids is 6. The number of guanidine groups is 1. The van der Waals surface area contributed by atoms with Crippen molar-refractivity contribution < 1.29 is 69.6 Å². The Labute approximate surface area is 384 Å². The van der Waals surface area contributed by atoms with Crippen molar-refractivity contribution in [1.82, 2.24) is 20.3 Å². The highest BCUT2D eigenvalue weighted by Crippen LogP contribution is 2.18. The molecule has 7 atom stereocenters. The average Bonchev–Trinajstić information content (AvgIpc) is 4.08. The minimum absolute atomic E-state index is 0.0129. The van der Waals surface area contributed by atoms with Crippen LogP contribution in [0.25, 0.3) is 10.9 Å². The number of aromatic amines is 2. The largest absolute Gasteiger partial charge is 0.508 e. The van der Waals surface area contributed by atoms with E-state index in [4.69, 9.17) is 81.0 Å². The number of hydrogen-bond donors (Lipinski definition) is 18. The van der Waals surface area contributed by atoms with Crippen LogP contribution < -0.4 is 45.5 Å². The van der Waals surface area contributed by atoms with Crippen LogP contribution in [0.1, 0.15) is 49.4 Å². The fraction of sp³-hybridized carbons (Fsp3) is 0.415. The highest BCUT2D eigenvalue weighted by atomic mass is 16.4. The van der Waals surface area contributed by atoms with E-state index in [0.29, 0.717) is 25.8 Å². The van der Waals surface area contributed by atoms with Crippen molar-refractivity contribution in [3.05, 3.63) is 84.1 Å². The van der Waals surface area contributed by atoms with Crippen LogP contribution in [0.2, 0.25) is 0 Å². The number of fused-ring (bicyclic) bond motifs is 1. The Balaban J connectivity index is 0.000000791. The molecule has 3 heterocycles. The van der Waals surface area contributed by atoms with Crippen molar-refractivity contribution in [2.45, 2.75) is 94.2 Å². The maximum atomic E-state index is 10.6. The van der Waals surface area contributed by atoms with Gasteiger partial charge in [-0.15, -0.1) is 0 Å². The first-order valence-corrected chi connectivity index (χ1v) is 20.3. The van der Waals surface area contributed by atoms with Gasteiger partial charge in [0.05, 0.1) is 12.4 Å². The van der Waals surface area contributed by atoms with Crippen LogP contribution in [0, 0.1) is 0 Å². The summed E-state index contributed by atoms with van der Waals surface area (Å²) in [6.07, 6.45) is 7.53. The van der Waals surface area contributed by atoms with Gasteiger partial charge >= 0.3 is 35.8 Å². The van der Waals surface area contributed by atoms with Crippen LogP contribution in [0.15, 0.2) is 72.2 Å². The highest BCUT2D eigenvalue weighted by Gasteiger charge is 2.20. The SMILES string of the molecule is CC(O)C(N)C(=O)O.NC(Cc1c[nH]c2ccccc12)C(=O)O.NC(Cc1ccc(O)cc1)C(=O)O.NC(Cc1cnc[nH]1)C(=O)O.NC(N)=NCCCC(N)C(=O)O.O=C(O)[C@@H]1CCCN1. The zero-order chi connectivity index (χ0) is 51.2. The van der Waals surface area contributed by atoms with E-state index in [9.17, 15) is 28.8 Å². The van der Waals surface area contributed by atoms with Gasteiger partial charge < -0.3 is 96.3 Å². The van der Waals surface area contributed by atoms with Crippen molar-refractivity contribution in [3.63, 3.8) is 0 Å². The zero-order valence-electron chi connectivity index (χ0n) is 36.7. The average molecular weight is 949 g/mol. The Morgan fingerprint density at radius 2 is 1.30 bits per heavy atom. The first kappa shape index (κ1) is 59.8. The molecule has 1 fully saturated rings. The molecule has 372 valence electrons. The number of nitrogens with one attached hydrogen (secondary N) is 3. The van der Waals surface area contributed by atoms with Gasteiger partial charge in [-0.25, -0.2) is 4.98 Å². The molecule has 0 bridgehead atoms. The lowest BCUT2D eigenvalue weighted by Crippen LogP contribution is -2.39. The van der Waals surface area contributed by atoms with Gasteiger partial charge in [0.25, 0.3) is 0 Å². The van der Waals surface area contributed by atoms with Crippen molar-refractivity contribution in [2.75, 3.05) is 13.1 Å². The lowest BCUT2D eigenvalue weighted by atomic mass is 10.1. The molecule has 5 rings (SSSR count). The van der Waals surface area contributed by atoms with Crippen LogP contribution in [0.4, 0.5) is 0 Å². The van der Waals surface area contributed by atoms with Gasteiger partial charge in [-0.3, -0.25) is 33.8 Å². The number of aliphatic hydroxyl groups is 1. The molecule has 2 aromatic carbocycles. The molecule has 1 saturated heterocycles. The molecule has 25 N–H and O–H groups in total. The number of para-hydroxylation sites is 1. The monoisotopic (exact) mass is 948 g/mol. The highest BCUT2D eigenvalue weighted by molar-refractivity contribution is 5.84. The summed E-state index contributed by atoms with van der Waals surface area (Å²) in [6, 6.07) is 9.24. The fourth-order valence-corrected chi connectivity index (χ4v) is 5.06. The number of aliphatic imine (C=N–C) groups is 1. The minimum atomic E-state index is -1.18. The maximum absolute atomic E-state index is 10.6. The van der Waals surface area contributed by atoms with E-state index >= 15 is 0 Å². The second-order valence-corrected chi connectivity index (χ2v) is 14.5. The van der Waals surface area contributed by atoms with Gasteiger partial charge in [-0.2, -0.15) is 0 Å². The quantitative estimate of drug-likeness (QED) is 0.0306. The molecule has 1 aliphatic rings. The lowest BCUT2D eigenvalue weighted by molar-refractivity contribution is -0.141. The summed E-state index contributed by atoms with van der Waals surface area (Å²) < 4.78 is 0. The number of phenols is 1. The van der Waals surface area contributed by atoms with E-state index in [2.05, 4.69) is 25.3 Å². The number of carbonyl (C=O) groups is 6. The number of phenolic OH excluding ortho intramolecular Hbond substituents is 1. The molecule has 1 aliphatic heterocycles. The van der Waals surface area contributed by atoms with Crippen molar-refractivity contribution in [1.29, 1.82) is 0 Å². The number of aliphatic hydroxyl groups excluding tert-OH is 1. The Morgan fingerprint density at radius 3 is 1.73 bits per heavy atom. The van der Waals surface area contributed by atoms with Gasteiger partial charge in [0.2, 0.25) is 0 Å². The molecule has 4 aromatic rings. The minimum Gasteiger partial charge on any atom is -0.508 e. The van der Waals surface area contributed by atoms with Crippen LogP contribution in [0.3, 0.4) is 0 Å². The third-order valence-electron chi connectivity index (χ3n) is 8.90. The van der Waals surface area contributed by atoms with E-state index in [1.54, 1.807) is 18.3 Å². The van der Waals surface area contributed by atoms with Crippen LogP contribution in [-0.2, 0) is 48.0 Å². The topological polar surface area (TPSA) is 515 Å². The Kier molecular flexibility index (Phi) is 29.0. The van der Waals surface area contributed by atoms with Gasteiger partial charge in [0.15, 0.2) is 5.96 Å². The molecule has 0 aliphatic carbocycles. The van der Waals surface area contributed by atoms with E-state index in [1.807, 2.05) is 30.5 Å². The van der Waals surface area contributed by atoms with E-state index < -0.39 is 72.1 Å². The number of benzene rings is 2. The molecule has 0 spiro atoms. The standard InChI is InChI=1S/C11H12N2O2.C9H11NO3.C6H14N4O2.C6H9N3O2.C5H9NO2.C4H9NO3/c12-9(11(14)15)5-7-6-13-10-4-2-1-3-8(7)10;10-8(9(12)13)5-6-1-3-7(11)4-2-6;7-4(5(11)12)2-1-3-10-6(8)9;7-5(6(10)11)1-4-2-8-3-9-4;7-5(8)4-2-1-3-6-4;1-2(6)3(5)4(7)8/h1-4,6,9,13H,5,12H2,(H,14,15);1-4,8,11H,5,10H2,(H,12,13);4H,1-3,7H2,(H,11,12)(H4,8,9,10);2-3,5H,1,7H2,(H,8,9)(H,10,11);4,6H,1-3H2,(H,7,8);2-3,6H,5H2,1H3,(H,7,8)/t;;;;4-;/m....0./s1. The lowest BCUT2D eigenvalue weighted by Gasteiger charge is -2.06. The van der Waals surface area contributed by atoms with Gasteiger partial charge in [-0.05, 0) is 74.9 Å². The molecule has 6 unspecified atom stereocenters. The first-order valence-electron chi connectivity index (χ1n) is 20.3. The Bertz CT molecular complexity index is 2100. The number of aliphatic carboxylic acids is 6. The predicted molar refractivity (Wildman–Crippen MR) is 244 cm³/mol. The maximum Gasteiger partial charge on any atom is 0.323 e. The fourth-order valence-electron chi connectivity index (χ4n) is 5.06. The Hall–Kier alpha value is -7.20. The zero-order valence-corrected chi connectivity index (χ0v) is 36.7. The van der Waals surface area contributed by atoms with Crippen LogP contribution in [0.5, 0.6) is 5.75 Å². The van der Waals surface area contributed by atoms with E-state index in [-0.39, 0.29) is 30.6 Å².